The van der Waals surface area contributed by atoms with Crippen LogP contribution >= 0.6 is 22.7 Å². The third-order valence-corrected chi connectivity index (χ3v) is 5.36. The van der Waals surface area contributed by atoms with Crippen molar-refractivity contribution in [2.24, 2.45) is 5.73 Å². The number of nitrogens with zero attached hydrogens (tertiary/aromatic N) is 2. The second kappa shape index (κ2) is 7.43. The van der Waals surface area contributed by atoms with E-state index < -0.39 is 5.91 Å². The number of nitrogens with two attached hydrogens (primary N) is 1. The number of thiazole rings is 2. The lowest BCUT2D eigenvalue weighted by atomic mass is 10.1. The van der Waals surface area contributed by atoms with Gasteiger partial charge in [0, 0.05) is 10.9 Å². The van der Waals surface area contributed by atoms with Crippen molar-refractivity contribution in [1.29, 1.82) is 0 Å². The Morgan fingerprint density at radius 3 is 2.65 bits per heavy atom. The number of rotatable bonds is 6. The molecule has 8 heteroatoms. The molecule has 0 saturated heterocycles. The Balaban J connectivity index is 1.91. The second-order valence-electron chi connectivity index (χ2n) is 6.05. The molecular formula is C18H20N4O2S2. The van der Waals surface area contributed by atoms with Crippen LogP contribution in [0.4, 0.5) is 10.8 Å². The molecule has 1 aromatic carbocycles. The van der Waals surface area contributed by atoms with Gasteiger partial charge in [0.15, 0.2) is 5.13 Å². The molecule has 2 aromatic heterocycles. The Bertz CT molecular complexity index is 947. The molecule has 0 atom stereocenters. The van der Waals surface area contributed by atoms with E-state index in [0.717, 1.165) is 21.3 Å². The monoisotopic (exact) mass is 388 g/mol. The summed E-state index contributed by atoms with van der Waals surface area (Å²) in [6.45, 7) is 7.86. The van der Waals surface area contributed by atoms with Crippen LogP contribution in [0.3, 0.4) is 0 Å². The van der Waals surface area contributed by atoms with Crippen molar-refractivity contribution in [1.82, 2.24) is 9.97 Å². The zero-order chi connectivity index (χ0) is 18.8. The Kier molecular flexibility index (Phi) is 5.24. The van der Waals surface area contributed by atoms with Crippen LogP contribution in [-0.2, 0) is 0 Å². The van der Waals surface area contributed by atoms with E-state index in [4.69, 9.17) is 10.5 Å². The van der Waals surface area contributed by atoms with Gasteiger partial charge in [0.05, 0.1) is 33.1 Å². The molecule has 0 unspecified atom stereocenters. The molecule has 0 aliphatic carbocycles. The fourth-order valence-electron chi connectivity index (χ4n) is 2.46. The predicted octanol–water partition coefficient (Wildman–Crippen LogP) is 4.51. The number of benzene rings is 1. The minimum Gasteiger partial charge on any atom is -0.489 e. The molecule has 0 fully saturated rings. The quantitative estimate of drug-likeness (QED) is 0.648. The average Bonchev–Trinajstić information content (AvgIpc) is 3.14. The van der Waals surface area contributed by atoms with Gasteiger partial charge in [-0.1, -0.05) is 0 Å². The van der Waals surface area contributed by atoms with Crippen LogP contribution in [0.15, 0.2) is 23.6 Å². The summed E-state index contributed by atoms with van der Waals surface area (Å²) in [5.74, 6) is 0.159. The number of ether oxygens (including phenoxy) is 1. The van der Waals surface area contributed by atoms with Crippen LogP contribution < -0.4 is 15.8 Å². The fourth-order valence-corrected chi connectivity index (χ4v) is 4.13. The van der Waals surface area contributed by atoms with Crippen molar-refractivity contribution in [3.8, 4) is 16.3 Å². The summed E-state index contributed by atoms with van der Waals surface area (Å²) in [5, 5.41) is 6.96. The SMILES string of the molecule is Cc1nc(C)c(-c2csc(Nc3cc(C(N)=O)ccc3OC(C)C)n2)s1. The summed E-state index contributed by atoms with van der Waals surface area (Å²) in [7, 11) is 0. The molecule has 0 radical (unpaired) electrons. The average molecular weight is 389 g/mol. The highest BCUT2D eigenvalue weighted by molar-refractivity contribution is 7.16. The van der Waals surface area contributed by atoms with Crippen LogP contribution in [-0.4, -0.2) is 22.0 Å². The predicted molar refractivity (Wildman–Crippen MR) is 107 cm³/mol. The number of carbonyl (C=O) groups is 1. The lowest BCUT2D eigenvalue weighted by Crippen LogP contribution is -2.12. The minimum absolute atomic E-state index is 0.00431. The van der Waals surface area contributed by atoms with Crippen LogP contribution in [0.5, 0.6) is 5.75 Å². The number of carbonyl (C=O) groups excluding carboxylic acids is 1. The number of anilines is 2. The van der Waals surface area contributed by atoms with Crippen molar-refractivity contribution < 1.29 is 9.53 Å². The lowest BCUT2D eigenvalue weighted by molar-refractivity contribution is 0.100. The Morgan fingerprint density at radius 2 is 2.04 bits per heavy atom. The number of hydrogen-bond acceptors (Lipinski definition) is 7. The summed E-state index contributed by atoms with van der Waals surface area (Å²) in [4.78, 5) is 21.7. The molecule has 3 aromatic rings. The molecule has 6 nitrogen and oxygen atoms in total. The molecule has 0 bridgehead atoms. The summed E-state index contributed by atoms with van der Waals surface area (Å²) >= 11 is 3.11. The zero-order valence-electron chi connectivity index (χ0n) is 15.0. The van der Waals surface area contributed by atoms with E-state index in [-0.39, 0.29) is 6.10 Å². The molecule has 26 heavy (non-hydrogen) atoms. The van der Waals surface area contributed by atoms with Crippen LogP contribution in [0.25, 0.3) is 10.6 Å². The zero-order valence-corrected chi connectivity index (χ0v) is 16.6. The molecule has 0 aliphatic rings. The van der Waals surface area contributed by atoms with Crippen LogP contribution in [0.1, 0.15) is 34.9 Å². The largest absolute Gasteiger partial charge is 0.489 e. The van der Waals surface area contributed by atoms with Gasteiger partial charge in [0.2, 0.25) is 5.91 Å². The van der Waals surface area contributed by atoms with Crippen LogP contribution in [0.2, 0.25) is 0 Å². The third-order valence-electron chi connectivity index (χ3n) is 3.51. The van der Waals surface area contributed by atoms with Crippen molar-refractivity contribution >= 4 is 39.4 Å². The highest BCUT2D eigenvalue weighted by Gasteiger charge is 2.14. The number of aryl methyl sites for hydroxylation is 2. The number of amides is 1. The van der Waals surface area contributed by atoms with Crippen molar-refractivity contribution in [2.75, 3.05) is 5.32 Å². The number of aromatic nitrogens is 2. The van der Waals surface area contributed by atoms with Gasteiger partial charge in [-0.3, -0.25) is 4.79 Å². The molecule has 136 valence electrons. The van der Waals surface area contributed by atoms with E-state index in [1.807, 2.05) is 33.1 Å². The van der Waals surface area contributed by atoms with Gasteiger partial charge < -0.3 is 15.8 Å². The van der Waals surface area contributed by atoms with Gasteiger partial charge in [-0.25, -0.2) is 9.97 Å². The van der Waals surface area contributed by atoms with Gasteiger partial charge in [0.1, 0.15) is 5.75 Å². The van der Waals surface area contributed by atoms with E-state index in [2.05, 4.69) is 15.3 Å². The number of hydrogen-bond donors (Lipinski definition) is 2. The van der Waals surface area contributed by atoms with Crippen LogP contribution in [0, 0.1) is 13.8 Å². The van der Waals surface area contributed by atoms with Crippen molar-refractivity contribution in [3.63, 3.8) is 0 Å². The summed E-state index contributed by atoms with van der Waals surface area (Å²) < 4.78 is 5.82. The molecule has 0 saturated carbocycles. The summed E-state index contributed by atoms with van der Waals surface area (Å²) in [5.41, 5.74) is 8.33. The van der Waals surface area contributed by atoms with Gasteiger partial charge in [-0.05, 0) is 45.9 Å². The Labute approximate surface area is 160 Å². The van der Waals surface area contributed by atoms with Gasteiger partial charge in [0.25, 0.3) is 0 Å². The van der Waals surface area contributed by atoms with E-state index in [1.54, 1.807) is 29.5 Å². The first-order chi connectivity index (χ1) is 12.3. The molecule has 0 spiro atoms. The smallest absolute Gasteiger partial charge is 0.248 e. The van der Waals surface area contributed by atoms with E-state index in [0.29, 0.717) is 22.1 Å². The molecule has 3 rings (SSSR count). The molecule has 0 aliphatic heterocycles. The lowest BCUT2D eigenvalue weighted by Gasteiger charge is -2.15. The van der Waals surface area contributed by atoms with E-state index >= 15 is 0 Å². The molecule has 1 amide bonds. The summed E-state index contributed by atoms with van der Waals surface area (Å²) in [6.07, 6.45) is 0.00431. The first kappa shape index (κ1) is 18.3. The maximum atomic E-state index is 11.5. The van der Waals surface area contributed by atoms with Gasteiger partial charge in [-0.2, -0.15) is 0 Å². The highest BCUT2D eigenvalue weighted by atomic mass is 32.1. The molecule has 3 N–H and O–H groups in total. The Hall–Kier alpha value is -2.45. The molecule has 2 heterocycles. The molecular weight excluding hydrogens is 368 g/mol. The topological polar surface area (TPSA) is 90.1 Å². The van der Waals surface area contributed by atoms with Gasteiger partial charge in [-0.15, -0.1) is 22.7 Å². The number of primary amides is 1. The van der Waals surface area contributed by atoms with E-state index in [1.165, 1.54) is 11.3 Å². The first-order valence-corrected chi connectivity index (χ1v) is 9.80. The normalized spacial score (nSPS) is 11.0. The third kappa shape index (κ3) is 4.03. The fraction of sp³-hybridized carbons (Fsp3) is 0.278. The van der Waals surface area contributed by atoms with Gasteiger partial charge >= 0.3 is 0 Å². The first-order valence-electron chi connectivity index (χ1n) is 8.11. The second-order valence-corrected chi connectivity index (χ2v) is 8.11. The number of nitrogens with one attached hydrogen (secondary N) is 1. The standard InChI is InChI=1S/C18H20N4O2S2/c1-9(2)24-15-6-5-12(17(19)23)7-13(15)21-18-22-14(8-25-18)16-10(3)20-11(4)26-16/h5-9H,1-4H3,(H2,19,23)(H,21,22). The minimum atomic E-state index is -0.486. The van der Waals surface area contributed by atoms with E-state index in [9.17, 15) is 4.79 Å². The highest BCUT2D eigenvalue weighted by Crippen LogP contribution is 2.35. The summed E-state index contributed by atoms with van der Waals surface area (Å²) in [6, 6.07) is 5.08. The van der Waals surface area contributed by atoms with Crippen molar-refractivity contribution in [3.05, 3.63) is 39.8 Å². The van der Waals surface area contributed by atoms with Crippen molar-refractivity contribution in [2.45, 2.75) is 33.8 Å². The maximum Gasteiger partial charge on any atom is 0.248 e. The maximum absolute atomic E-state index is 11.5. The Morgan fingerprint density at radius 1 is 1.27 bits per heavy atom.